The zero-order chi connectivity index (χ0) is 10.7. The van der Waals surface area contributed by atoms with Crippen LogP contribution >= 0.6 is 15.9 Å². The standard InChI is InChI=1S/C11H13BrFNO/c12-8-1-2-10(13)11(7-8)14-9-3-5-15-6-4-9/h1-2,7,9,14H,3-6H2. The molecule has 0 atom stereocenters. The van der Waals surface area contributed by atoms with Crippen LogP contribution in [0.25, 0.3) is 0 Å². The topological polar surface area (TPSA) is 21.3 Å². The van der Waals surface area contributed by atoms with Gasteiger partial charge in [-0.1, -0.05) is 15.9 Å². The summed E-state index contributed by atoms with van der Waals surface area (Å²) in [6.45, 7) is 1.51. The lowest BCUT2D eigenvalue weighted by atomic mass is 10.1. The van der Waals surface area contributed by atoms with Crippen LogP contribution in [0.15, 0.2) is 22.7 Å². The molecular weight excluding hydrogens is 261 g/mol. The predicted molar refractivity (Wildman–Crippen MR) is 61.6 cm³/mol. The fourth-order valence-corrected chi connectivity index (χ4v) is 2.03. The third kappa shape index (κ3) is 2.92. The second-order valence-corrected chi connectivity index (χ2v) is 4.57. The van der Waals surface area contributed by atoms with E-state index >= 15 is 0 Å². The Hall–Kier alpha value is -0.610. The summed E-state index contributed by atoms with van der Waals surface area (Å²) in [5.74, 6) is -0.204. The number of ether oxygens (including phenoxy) is 1. The molecule has 0 aromatic heterocycles. The summed E-state index contributed by atoms with van der Waals surface area (Å²) in [6, 6.07) is 5.25. The van der Waals surface area contributed by atoms with Crippen molar-refractivity contribution >= 4 is 21.6 Å². The first-order valence-corrected chi connectivity index (χ1v) is 5.84. The molecule has 4 heteroatoms. The smallest absolute Gasteiger partial charge is 0.146 e. The summed E-state index contributed by atoms with van der Waals surface area (Å²) >= 11 is 3.33. The molecule has 0 radical (unpaired) electrons. The molecular formula is C11H13BrFNO. The minimum atomic E-state index is -0.204. The van der Waals surface area contributed by atoms with Gasteiger partial charge in [0, 0.05) is 23.7 Å². The number of hydrogen-bond acceptors (Lipinski definition) is 2. The number of benzene rings is 1. The second kappa shape index (κ2) is 4.94. The minimum Gasteiger partial charge on any atom is -0.381 e. The summed E-state index contributed by atoms with van der Waals surface area (Å²) in [7, 11) is 0. The Morgan fingerprint density at radius 2 is 2.07 bits per heavy atom. The lowest BCUT2D eigenvalue weighted by Gasteiger charge is -2.24. The van der Waals surface area contributed by atoms with Gasteiger partial charge in [-0.2, -0.15) is 0 Å². The van der Waals surface area contributed by atoms with E-state index in [1.165, 1.54) is 6.07 Å². The van der Waals surface area contributed by atoms with E-state index in [1.54, 1.807) is 12.1 Å². The maximum atomic E-state index is 13.4. The van der Waals surface area contributed by atoms with Crippen LogP contribution in [-0.4, -0.2) is 19.3 Å². The van der Waals surface area contributed by atoms with Crippen LogP contribution in [0.2, 0.25) is 0 Å². The van der Waals surface area contributed by atoms with E-state index in [0.717, 1.165) is 30.5 Å². The molecule has 82 valence electrons. The van der Waals surface area contributed by atoms with Gasteiger partial charge in [-0.05, 0) is 31.0 Å². The van der Waals surface area contributed by atoms with Crippen molar-refractivity contribution in [2.75, 3.05) is 18.5 Å². The van der Waals surface area contributed by atoms with E-state index in [-0.39, 0.29) is 5.82 Å². The first-order chi connectivity index (χ1) is 7.25. The highest BCUT2D eigenvalue weighted by atomic mass is 79.9. The Morgan fingerprint density at radius 3 is 2.80 bits per heavy atom. The molecule has 1 aromatic rings. The van der Waals surface area contributed by atoms with Crippen LogP contribution in [-0.2, 0) is 4.74 Å². The predicted octanol–water partition coefficient (Wildman–Crippen LogP) is 3.18. The largest absolute Gasteiger partial charge is 0.381 e. The average Bonchev–Trinajstić information content (AvgIpc) is 2.25. The zero-order valence-electron chi connectivity index (χ0n) is 8.30. The highest BCUT2D eigenvalue weighted by Gasteiger charge is 2.14. The summed E-state index contributed by atoms with van der Waals surface area (Å²) in [5, 5.41) is 3.20. The molecule has 1 aliphatic heterocycles. The van der Waals surface area contributed by atoms with Gasteiger partial charge in [-0.3, -0.25) is 0 Å². The van der Waals surface area contributed by atoms with Crippen molar-refractivity contribution in [3.05, 3.63) is 28.5 Å². The molecule has 2 nitrogen and oxygen atoms in total. The third-order valence-corrected chi connectivity index (χ3v) is 3.00. The number of halogens is 2. The molecule has 0 saturated carbocycles. The molecule has 1 aromatic carbocycles. The van der Waals surface area contributed by atoms with Crippen LogP contribution in [0.4, 0.5) is 10.1 Å². The lowest BCUT2D eigenvalue weighted by Crippen LogP contribution is -2.28. The molecule has 0 aliphatic carbocycles. The quantitative estimate of drug-likeness (QED) is 0.894. The Bertz CT molecular complexity index is 339. The molecule has 0 spiro atoms. The van der Waals surface area contributed by atoms with Crippen molar-refractivity contribution in [1.29, 1.82) is 0 Å². The Morgan fingerprint density at radius 1 is 1.33 bits per heavy atom. The van der Waals surface area contributed by atoms with Gasteiger partial charge in [0.1, 0.15) is 5.82 Å². The monoisotopic (exact) mass is 273 g/mol. The number of nitrogens with one attached hydrogen (secondary N) is 1. The maximum absolute atomic E-state index is 13.4. The summed E-state index contributed by atoms with van der Waals surface area (Å²) < 4.78 is 19.5. The van der Waals surface area contributed by atoms with Gasteiger partial charge in [-0.25, -0.2) is 4.39 Å². The Labute approximate surface area is 96.9 Å². The molecule has 1 aliphatic rings. The normalized spacial score (nSPS) is 17.7. The second-order valence-electron chi connectivity index (χ2n) is 3.66. The SMILES string of the molecule is Fc1ccc(Br)cc1NC1CCOCC1. The van der Waals surface area contributed by atoms with Crippen LogP contribution in [0.1, 0.15) is 12.8 Å². The molecule has 15 heavy (non-hydrogen) atoms. The van der Waals surface area contributed by atoms with Crippen LogP contribution in [0.5, 0.6) is 0 Å². The van der Waals surface area contributed by atoms with E-state index in [1.807, 2.05) is 0 Å². The Kier molecular flexibility index (Phi) is 3.59. The van der Waals surface area contributed by atoms with Crippen molar-refractivity contribution in [3.63, 3.8) is 0 Å². The minimum absolute atomic E-state index is 0.204. The van der Waals surface area contributed by atoms with E-state index in [2.05, 4.69) is 21.2 Å². The molecule has 1 heterocycles. The Balaban J connectivity index is 2.05. The average molecular weight is 274 g/mol. The highest BCUT2D eigenvalue weighted by Crippen LogP contribution is 2.22. The molecule has 0 unspecified atom stereocenters. The fraction of sp³-hybridized carbons (Fsp3) is 0.455. The molecule has 2 rings (SSSR count). The number of anilines is 1. The van der Waals surface area contributed by atoms with Crippen LogP contribution in [0, 0.1) is 5.82 Å². The van der Waals surface area contributed by atoms with E-state index in [0.29, 0.717) is 11.7 Å². The van der Waals surface area contributed by atoms with Crippen molar-refractivity contribution in [2.24, 2.45) is 0 Å². The highest BCUT2D eigenvalue weighted by molar-refractivity contribution is 9.10. The van der Waals surface area contributed by atoms with Crippen molar-refractivity contribution in [3.8, 4) is 0 Å². The summed E-state index contributed by atoms with van der Waals surface area (Å²) in [5.41, 5.74) is 0.566. The molecule has 1 N–H and O–H groups in total. The van der Waals surface area contributed by atoms with Gasteiger partial charge in [0.05, 0.1) is 5.69 Å². The maximum Gasteiger partial charge on any atom is 0.146 e. The van der Waals surface area contributed by atoms with Gasteiger partial charge in [0.25, 0.3) is 0 Å². The van der Waals surface area contributed by atoms with Crippen LogP contribution < -0.4 is 5.32 Å². The van der Waals surface area contributed by atoms with Gasteiger partial charge >= 0.3 is 0 Å². The van der Waals surface area contributed by atoms with Crippen molar-refractivity contribution in [2.45, 2.75) is 18.9 Å². The number of hydrogen-bond donors (Lipinski definition) is 1. The van der Waals surface area contributed by atoms with Gasteiger partial charge in [-0.15, -0.1) is 0 Å². The van der Waals surface area contributed by atoms with E-state index in [9.17, 15) is 4.39 Å². The van der Waals surface area contributed by atoms with E-state index in [4.69, 9.17) is 4.74 Å². The van der Waals surface area contributed by atoms with E-state index < -0.39 is 0 Å². The number of rotatable bonds is 2. The van der Waals surface area contributed by atoms with Gasteiger partial charge in [0.2, 0.25) is 0 Å². The van der Waals surface area contributed by atoms with Crippen molar-refractivity contribution in [1.82, 2.24) is 0 Å². The lowest BCUT2D eigenvalue weighted by molar-refractivity contribution is 0.0904. The zero-order valence-corrected chi connectivity index (χ0v) is 9.89. The van der Waals surface area contributed by atoms with Crippen LogP contribution in [0.3, 0.4) is 0 Å². The summed E-state index contributed by atoms with van der Waals surface area (Å²) in [4.78, 5) is 0. The molecule has 1 saturated heterocycles. The van der Waals surface area contributed by atoms with Gasteiger partial charge in [0.15, 0.2) is 0 Å². The van der Waals surface area contributed by atoms with Crippen molar-refractivity contribution < 1.29 is 9.13 Å². The first-order valence-electron chi connectivity index (χ1n) is 5.05. The first kappa shape index (κ1) is 10.9. The molecule has 1 fully saturated rings. The molecule has 0 bridgehead atoms. The summed E-state index contributed by atoms with van der Waals surface area (Å²) in [6.07, 6.45) is 1.87. The fourth-order valence-electron chi connectivity index (χ4n) is 1.67. The third-order valence-electron chi connectivity index (χ3n) is 2.51. The molecule has 0 amide bonds. The van der Waals surface area contributed by atoms with Gasteiger partial charge < -0.3 is 10.1 Å².